The van der Waals surface area contributed by atoms with Crippen LogP contribution in [0.5, 0.6) is 5.75 Å². The molecule has 2 rings (SSSR count). The van der Waals surface area contributed by atoms with E-state index in [1.165, 1.54) is 31.4 Å². The predicted molar refractivity (Wildman–Crippen MR) is 83.9 cm³/mol. The number of hydrogen-bond donors (Lipinski definition) is 1. The van der Waals surface area contributed by atoms with Gasteiger partial charge in [-0.25, -0.2) is 0 Å². The van der Waals surface area contributed by atoms with Crippen molar-refractivity contribution >= 4 is 15.9 Å². The first kappa shape index (κ1) is 14.9. The summed E-state index contributed by atoms with van der Waals surface area (Å²) in [5.41, 5.74) is 1.31. The molecule has 0 saturated carbocycles. The van der Waals surface area contributed by atoms with Crippen molar-refractivity contribution in [3.05, 3.63) is 28.2 Å². The van der Waals surface area contributed by atoms with Crippen molar-refractivity contribution in [1.29, 1.82) is 0 Å². The number of halogens is 1. The number of piperidine rings is 1. The molecule has 0 amide bonds. The molecule has 1 aliphatic heterocycles. The largest absolute Gasteiger partial charge is 0.493 e. The summed E-state index contributed by atoms with van der Waals surface area (Å²) in [6.07, 6.45) is 7.32. The third-order valence-electron chi connectivity index (χ3n) is 3.68. The van der Waals surface area contributed by atoms with Gasteiger partial charge >= 0.3 is 0 Å². The summed E-state index contributed by atoms with van der Waals surface area (Å²) in [5, 5.41) is 3.57. The summed E-state index contributed by atoms with van der Waals surface area (Å²) in [7, 11) is 0. The molecule has 2 nitrogen and oxygen atoms in total. The van der Waals surface area contributed by atoms with Crippen LogP contribution in [0.3, 0.4) is 0 Å². The molecule has 1 N–H and O–H groups in total. The highest BCUT2D eigenvalue weighted by molar-refractivity contribution is 9.10. The van der Waals surface area contributed by atoms with Crippen LogP contribution in [-0.2, 0) is 6.42 Å². The van der Waals surface area contributed by atoms with Crippen LogP contribution in [0.1, 0.15) is 44.6 Å². The highest BCUT2D eigenvalue weighted by Crippen LogP contribution is 2.25. The monoisotopic (exact) mass is 325 g/mol. The fourth-order valence-electron chi connectivity index (χ4n) is 2.64. The van der Waals surface area contributed by atoms with Crippen molar-refractivity contribution < 1.29 is 4.74 Å². The normalized spacial score (nSPS) is 19.4. The number of hydrogen-bond acceptors (Lipinski definition) is 2. The third-order valence-corrected chi connectivity index (χ3v) is 4.17. The Bertz CT molecular complexity index is 388. The van der Waals surface area contributed by atoms with E-state index in [2.05, 4.69) is 46.4 Å². The van der Waals surface area contributed by atoms with Crippen molar-refractivity contribution in [1.82, 2.24) is 5.32 Å². The predicted octanol–water partition coefficient (Wildman–Crippen LogP) is 4.31. The lowest BCUT2D eigenvalue weighted by atomic mass is 10.0. The first-order chi connectivity index (χ1) is 9.29. The molecule has 1 aromatic rings. The number of ether oxygens (including phenoxy) is 1. The molecular weight excluding hydrogens is 302 g/mol. The van der Waals surface area contributed by atoms with Crippen molar-refractivity contribution in [2.45, 2.75) is 51.5 Å². The quantitative estimate of drug-likeness (QED) is 0.841. The molecule has 1 atom stereocenters. The zero-order chi connectivity index (χ0) is 13.5. The molecule has 1 heterocycles. The Kier molecular flexibility index (Phi) is 6.18. The Labute approximate surface area is 125 Å². The highest BCUT2D eigenvalue weighted by Gasteiger charge is 2.12. The van der Waals surface area contributed by atoms with Crippen molar-refractivity contribution in [2.75, 3.05) is 13.2 Å². The smallest absolute Gasteiger partial charge is 0.122 e. The summed E-state index contributed by atoms with van der Waals surface area (Å²) in [6.45, 7) is 4.19. The van der Waals surface area contributed by atoms with Crippen LogP contribution in [0.4, 0.5) is 0 Å². The van der Waals surface area contributed by atoms with Gasteiger partial charge in [-0.15, -0.1) is 0 Å². The zero-order valence-electron chi connectivity index (χ0n) is 11.8. The SMILES string of the molecule is CCCc1cc(Br)ccc1OCC[C@@H]1CCCCN1. The van der Waals surface area contributed by atoms with E-state index >= 15 is 0 Å². The van der Waals surface area contributed by atoms with Crippen LogP contribution < -0.4 is 10.1 Å². The van der Waals surface area contributed by atoms with Gasteiger partial charge in [0.1, 0.15) is 5.75 Å². The third kappa shape index (κ3) is 4.81. The lowest BCUT2D eigenvalue weighted by Crippen LogP contribution is -2.35. The van der Waals surface area contributed by atoms with Gasteiger partial charge in [0.2, 0.25) is 0 Å². The highest BCUT2D eigenvalue weighted by atomic mass is 79.9. The van der Waals surface area contributed by atoms with Crippen LogP contribution in [0.25, 0.3) is 0 Å². The first-order valence-electron chi connectivity index (χ1n) is 7.44. The minimum absolute atomic E-state index is 0.652. The Morgan fingerprint density at radius 3 is 3.00 bits per heavy atom. The molecular formula is C16H24BrNO. The maximum absolute atomic E-state index is 5.99. The number of aryl methyl sites for hydroxylation is 1. The van der Waals surface area contributed by atoms with E-state index in [0.717, 1.165) is 36.1 Å². The van der Waals surface area contributed by atoms with E-state index in [-0.39, 0.29) is 0 Å². The molecule has 1 fully saturated rings. The van der Waals surface area contributed by atoms with Crippen molar-refractivity contribution in [3.63, 3.8) is 0 Å². The molecule has 0 aliphatic carbocycles. The maximum Gasteiger partial charge on any atom is 0.122 e. The fourth-order valence-corrected chi connectivity index (χ4v) is 3.04. The van der Waals surface area contributed by atoms with Gasteiger partial charge in [0.05, 0.1) is 6.61 Å². The molecule has 0 aromatic heterocycles. The van der Waals surface area contributed by atoms with E-state index < -0.39 is 0 Å². The van der Waals surface area contributed by atoms with Gasteiger partial charge in [0.25, 0.3) is 0 Å². The number of nitrogens with one attached hydrogen (secondary N) is 1. The lowest BCUT2D eigenvalue weighted by molar-refractivity contribution is 0.266. The molecule has 3 heteroatoms. The van der Waals surface area contributed by atoms with E-state index in [4.69, 9.17) is 4.74 Å². The number of benzene rings is 1. The van der Waals surface area contributed by atoms with Crippen LogP contribution in [0.15, 0.2) is 22.7 Å². The molecule has 1 saturated heterocycles. The van der Waals surface area contributed by atoms with Crippen LogP contribution in [-0.4, -0.2) is 19.2 Å². The summed E-state index contributed by atoms with van der Waals surface area (Å²) in [5.74, 6) is 1.06. The Morgan fingerprint density at radius 1 is 1.37 bits per heavy atom. The van der Waals surface area contributed by atoms with Crippen LogP contribution in [0.2, 0.25) is 0 Å². The Morgan fingerprint density at radius 2 is 2.26 bits per heavy atom. The minimum Gasteiger partial charge on any atom is -0.493 e. The molecule has 1 aromatic carbocycles. The summed E-state index contributed by atoms with van der Waals surface area (Å²) in [4.78, 5) is 0. The van der Waals surface area contributed by atoms with Gasteiger partial charge in [-0.2, -0.15) is 0 Å². The molecule has 106 valence electrons. The fraction of sp³-hybridized carbons (Fsp3) is 0.625. The average Bonchev–Trinajstić information content (AvgIpc) is 2.43. The van der Waals surface area contributed by atoms with Gasteiger partial charge < -0.3 is 10.1 Å². The maximum atomic E-state index is 5.99. The molecule has 1 aliphatic rings. The molecule has 0 unspecified atom stereocenters. The second-order valence-electron chi connectivity index (χ2n) is 5.29. The Hall–Kier alpha value is -0.540. The van der Waals surface area contributed by atoms with Gasteiger partial charge in [0, 0.05) is 10.5 Å². The zero-order valence-corrected chi connectivity index (χ0v) is 13.3. The summed E-state index contributed by atoms with van der Waals surface area (Å²) < 4.78 is 7.12. The molecule has 19 heavy (non-hydrogen) atoms. The van der Waals surface area contributed by atoms with E-state index in [1.807, 2.05) is 0 Å². The van der Waals surface area contributed by atoms with Gasteiger partial charge in [-0.05, 0) is 56.0 Å². The van der Waals surface area contributed by atoms with E-state index in [0.29, 0.717) is 6.04 Å². The lowest BCUT2D eigenvalue weighted by Gasteiger charge is -2.23. The second kappa shape index (κ2) is 7.91. The van der Waals surface area contributed by atoms with Gasteiger partial charge in [-0.1, -0.05) is 35.7 Å². The number of rotatable bonds is 6. The van der Waals surface area contributed by atoms with Gasteiger partial charge in [-0.3, -0.25) is 0 Å². The topological polar surface area (TPSA) is 21.3 Å². The van der Waals surface area contributed by atoms with Crippen molar-refractivity contribution in [3.8, 4) is 5.75 Å². The standard InChI is InChI=1S/C16H24BrNO/c1-2-5-13-12-14(17)7-8-16(13)19-11-9-15-6-3-4-10-18-15/h7-8,12,15,18H,2-6,9-11H2,1H3/t15-/m0/s1. The van der Waals surface area contributed by atoms with E-state index in [9.17, 15) is 0 Å². The first-order valence-corrected chi connectivity index (χ1v) is 8.23. The molecule has 0 radical (unpaired) electrons. The van der Waals surface area contributed by atoms with Crippen molar-refractivity contribution in [2.24, 2.45) is 0 Å². The Balaban J connectivity index is 1.84. The van der Waals surface area contributed by atoms with E-state index in [1.54, 1.807) is 0 Å². The summed E-state index contributed by atoms with van der Waals surface area (Å²) >= 11 is 3.53. The van der Waals surface area contributed by atoms with Crippen LogP contribution in [0, 0.1) is 0 Å². The van der Waals surface area contributed by atoms with Crippen LogP contribution >= 0.6 is 15.9 Å². The minimum atomic E-state index is 0.652. The molecule has 0 spiro atoms. The molecule has 0 bridgehead atoms. The van der Waals surface area contributed by atoms with Gasteiger partial charge in [0.15, 0.2) is 0 Å². The average molecular weight is 326 g/mol. The summed E-state index contributed by atoms with van der Waals surface area (Å²) in [6, 6.07) is 6.98. The second-order valence-corrected chi connectivity index (χ2v) is 6.20.